The van der Waals surface area contributed by atoms with Crippen molar-refractivity contribution in [2.45, 2.75) is 18.9 Å². The van der Waals surface area contributed by atoms with E-state index in [9.17, 15) is 36.6 Å². The molecule has 3 rings (SSSR count). The molecule has 0 aliphatic rings. The van der Waals surface area contributed by atoms with Crippen LogP contribution in [0.25, 0.3) is 16.9 Å². The number of nitrogens with zero attached hydrogens (tertiary/aromatic N) is 3. The second kappa shape index (κ2) is 9.73. The Morgan fingerprint density at radius 2 is 1.88 bits per heavy atom. The third-order valence-corrected chi connectivity index (χ3v) is 4.19. The van der Waals surface area contributed by atoms with Crippen molar-refractivity contribution in [3.05, 3.63) is 70.8 Å². The van der Waals surface area contributed by atoms with Crippen LogP contribution in [0.4, 0.5) is 22.0 Å². The van der Waals surface area contributed by atoms with E-state index in [4.69, 9.17) is 0 Å². The van der Waals surface area contributed by atoms with Crippen molar-refractivity contribution in [1.29, 1.82) is 0 Å². The minimum absolute atomic E-state index is 0.0107. The van der Waals surface area contributed by atoms with Crippen LogP contribution in [0, 0.1) is 0 Å². The standard InChI is InChI=1S/C20H15F5N4O4/c21-17(22)16(30)10-27-18(31)14-8-15(11-3-5-13(6-4-11)33-20(23,24)25)28-29(19(14)32)12-2-1-7-26-9-12/h1-9,16-17,30H,10H2,(H,27,31). The Hall–Kier alpha value is -3.87. The van der Waals surface area contributed by atoms with Crippen LogP contribution < -0.4 is 15.6 Å². The van der Waals surface area contributed by atoms with Crippen LogP contribution in [0.2, 0.25) is 0 Å². The predicted molar refractivity (Wildman–Crippen MR) is 104 cm³/mol. The maximum Gasteiger partial charge on any atom is 0.573 e. The second-order valence-electron chi connectivity index (χ2n) is 6.56. The maximum absolute atomic E-state index is 12.8. The van der Waals surface area contributed by atoms with Crippen molar-refractivity contribution in [2.75, 3.05) is 6.54 Å². The molecule has 174 valence electrons. The monoisotopic (exact) mass is 470 g/mol. The summed E-state index contributed by atoms with van der Waals surface area (Å²) in [6, 6.07) is 8.50. The SMILES string of the molecule is O=C(NCC(O)C(F)F)c1cc(-c2ccc(OC(F)(F)F)cc2)nn(-c2cccnc2)c1=O. The highest BCUT2D eigenvalue weighted by atomic mass is 19.4. The highest BCUT2D eigenvalue weighted by Crippen LogP contribution is 2.26. The van der Waals surface area contributed by atoms with E-state index in [2.05, 4.69) is 14.8 Å². The molecule has 1 atom stereocenters. The van der Waals surface area contributed by atoms with Gasteiger partial charge in [-0.1, -0.05) is 0 Å². The van der Waals surface area contributed by atoms with Crippen molar-refractivity contribution >= 4 is 5.91 Å². The zero-order valence-electron chi connectivity index (χ0n) is 16.5. The van der Waals surface area contributed by atoms with Crippen LogP contribution >= 0.6 is 0 Å². The van der Waals surface area contributed by atoms with Gasteiger partial charge in [-0.3, -0.25) is 14.6 Å². The third kappa shape index (κ3) is 6.10. The molecule has 0 aliphatic carbocycles. The number of rotatable bonds is 7. The molecule has 0 radical (unpaired) electrons. The minimum Gasteiger partial charge on any atom is -0.406 e. The molecule has 1 unspecified atom stereocenters. The Morgan fingerprint density at radius 1 is 1.18 bits per heavy atom. The number of amides is 1. The van der Waals surface area contributed by atoms with E-state index in [1.807, 2.05) is 5.32 Å². The molecule has 0 saturated carbocycles. The number of aliphatic hydroxyl groups is 1. The zero-order valence-corrected chi connectivity index (χ0v) is 16.5. The Bertz CT molecular complexity index is 1170. The van der Waals surface area contributed by atoms with Crippen LogP contribution in [-0.4, -0.2) is 51.2 Å². The number of aliphatic hydroxyl groups excluding tert-OH is 1. The molecule has 2 N–H and O–H groups in total. The van der Waals surface area contributed by atoms with Gasteiger partial charge >= 0.3 is 6.36 Å². The zero-order chi connectivity index (χ0) is 24.2. The maximum atomic E-state index is 12.8. The Morgan fingerprint density at radius 3 is 2.45 bits per heavy atom. The van der Waals surface area contributed by atoms with E-state index in [1.165, 1.54) is 36.7 Å². The fraction of sp³-hybridized carbons (Fsp3) is 0.200. The topological polar surface area (TPSA) is 106 Å². The third-order valence-electron chi connectivity index (χ3n) is 4.19. The Labute approximate surface area is 182 Å². The largest absolute Gasteiger partial charge is 0.573 e. The van der Waals surface area contributed by atoms with Gasteiger partial charge in [-0.25, -0.2) is 8.78 Å². The van der Waals surface area contributed by atoms with Gasteiger partial charge in [0.25, 0.3) is 17.9 Å². The highest BCUT2D eigenvalue weighted by molar-refractivity contribution is 5.94. The molecule has 33 heavy (non-hydrogen) atoms. The van der Waals surface area contributed by atoms with Crippen molar-refractivity contribution in [3.63, 3.8) is 0 Å². The smallest absolute Gasteiger partial charge is 0.406 e. The molecule has 8 nitrogen and oxygen atoms in total. The number of carbonyl (C=O) groups excluding carboxylic acids is 1. The summed E-state index contributed by atoms with van der Waals surface area (Å²) in [6.07, 6.45) is -7.43. The summed E-state index contributed by atoms with van der Waals surface area (Å²) in [7, 11) is 0. The van der Waals surface area contributed by atoms with Crippen molar-refractivity contribution < 1.29 is 36.6 Å². The number of pyridine rings is 1. The van der Waals surface area contributed by atoms with Gasteiger partial charge in [0.15, 0.2) is 0 Å². The lowest BCUT2D eigenvalue weighted by atomic mass is 10.1. The summed E-state index contributed by atoms with van der Waals surface area (Å²) >= 11 is 0. The van der Waals surface area contributed by atoms with Gasteiger partial charge in [-0.15, -0.1) is 13.2 Å². The molecular weight excluding hydrogens is 455 g/mol. The summed E-state index contributed by atoms with van der Waals surface area (Å²) < 4.78 is 66.8. The number of hydrogen-bond acceptors (Lipinski definition) is 6. The number of aromatic nitrogens is 3. The fourth-order valence-corrected chi connectivity index (χ4v) is 2.66. The number of ether oxygens (including phenoxy) is 1. The Balaban J connectivity index is 2.03. The molecule has 2 heterocycles. The van der Waals surface area contributed by atoms with Crippen LogP contribution in [-0.2, 0) is 0 Å². The summed E-state index contributed by atoms with van der Waals surface area (Å²) in [5, 5.41) is 15.4. The highest BCUT2D eigenvalue weighted by Gasteiger charge is 2.31. The van der Waals surface area contributed by atoms with Crippen molar-refractivity contribution in [2.24, 2.45) is 0 Å². The Kier molecular flexibility index (Phi) is 7.01. The average molecular weight is 470 g/mol. The molecule has 3 aromatic rings. The summed E-state index contributed by atoms with van der Waals surface area (Å²) in [6.45, 7) is -0.816. The van der Waals surface area contributed by atoms with Crippen LogP contribution in [0.15, 0.2) is 59.7 Å². The molecule has 0 fully saturated rings. The number of alkyl halides is 5. The first-order valence-corrected chi connectivity index (χ1v) is 9.20. The number of benzene rings is 1. The first-order chi connectivity index (χ1) is 15.5. The molecule has 13 heteroatoms. The quantitative estimate of drug-likeness (QED) is 0.515. The number of nitrogens with one attached hydrogen (secondary N) is 1. The van der Waals surface area contributed by atoms with Crippen molar-refractivity contribution in [3.8, 4) is 22.7 Å². The van der Waals surface area contributed by atoms with Crippen LogP contribution in [0.3, 0.4) is 0 Å². The summed E-state index contributed by atoms with van der Waals surface area (Å²) in [5.74, 6) is -1.55. The van der Waals surface area contributed by atoms with E-state index in [-0.39, 0.29) is 16.9 Å². The lowest BCUT2D eigenvalue weighted by Gasteiger charge is -2.13. The first-order valence-electron chi connectivity index (χ1n) is 9.20. The predicted octanol–water partition coefficient (Wildman–Crippen LogP) is 2.55. The van der Waals surface area contributed by atoms with E-state index in [0.29, 0.717) is 0 Å². The molecule has 0 saturated heterocycles. The first kappa shape index (κ1) is 23.8. The van der Waals surface area contributed by atoms with E-state index < -0.39 is 48.2 Å². The van der Waals surface area contributed by atoms with Crippen LogP contribution in [0.5, 0.6) is 5.75 Å². The summed E-state index contributed by atoms with van der Waals surface area (Å²) in [4.78, 5) is 29.2. The van der Waals surface area contributed by atoms with Gasteiger partial charge in [0.05, 0.1) is 17.6 Å². The average Bonchev–Trinajstić information content (AvgIpc) is 2.77. The second-order valence-corrected chi connectivity index (χ2v) is 6.56. The number of carbonyl (C=O) groups is 1. The lowest BCUT2D eigenvalue weighted by molar-refractivity contribution is -0.274. The molecule has 1 aromatic carbocycles. The van der Waals surface area contributed by atoms with Gasteiger partial charge < -0.3 is 15.2 Å². The van der Waals surface area contributed by atoms with E-state index in [0.717, 1.165) is 22.9 Å². The van der Waals surface area contributed by atoms with E-state index in [1.54, 1.807) is 0 Å². The van der Waals surface area contributed by atoms with Crippen LogP contribution in [0.1, 0.15) is 10.4 Å². The molecule has 0 bridgehead atoms. The van der Waals surface area contributed by atoms with Gasteiger partial charge in [0.1, 0.15) is 17.4 Å². The minimum atomic E-state index is -4.89. The summed E-state index contributed by atoms with van der Waals surface area (Å²) in [5.41, 5.74) is -1.00. The van der Waals surface area contributed by atoms with Gasteiger partial charge in [-0.2, -0.15) is 9.78 Å². The molecule has 2 aromatic heterocycles. The van der Waals surface area contributed by atoms with Gasteiger partial charge in [0, 0.05) is 18.3 Å². The fourth-order valence-electron chi connectivity index (χ4n) is 2.66. The number of hydrogen-bond donors (Lipinski definition) is 2. The molecular formula is C20H15F5N4O4. The number of halogens is 5. The normalized spacial score (nSPS) is 12.5. The molecule has 0 spiro atoms. The van der Waals surface area contributed by atoms with Crippen molar-refractivity contribution in [1.82, 2.24) is 20.1 Å². The van der Waals surface area contributed by atoms with Gasteiger partial charge in [-0.05, 0) is 42.5 Å². The molecule has 0 aliphatic heterocycles. The van der Waals surface area contributed by atoms with Gasteiger partial charge in [0.2, 0.25) is 0 Å². The van der Waals surface area contributed by atoms with E-state index >= 15 is 0 Å². The lowest BCUT2D eigenvalue weighted by Crippen LogP contribution is -2.39. The molecule has 1 amide bonds.